The van der Waals surface area contributed by atoms with Gasteiger partial charge in [-0.2, -0.15) is 13.2 Å². The van der Waals surface area contributed by atoms with Crippen LogP contribution in [0.15, 0.2) is 72.8 Å². The zero-order chi connectivity index (χ0) is 32.8. The van der Waals surface area contributed by atoms with Crippen LogP contribution >= 0.6 is 11.6 Å². The molecule has 0 unspecified atom stereocenters. The maximum Gasteiger partial charge on any atom is 0.416 e. The van der Waals surface area contributed by atoms with Crippen molar-refractivity contribution in [2.45, 2.75) is 63.3 Å². The van der Waals surface area contributed by atoms with E-state index in [2.05, 4.69) is 5.32 Å². The van der Waals surface area contributed by atoms with Gasteiger partial charge in [0, 0.05) is 19.0 Å². The molecule has 45 heavy (non-hydrogen) atoms. The zero-order valence-electron chi connectivity index (χ0n) is 24.6. The molecule has 2 amide bonds. The number of hydrogen-bond acceptors (Lipinski definition) is 4. The van der Waals surface area contributed by atoms with Crippen molar-refractivity contribution in [1.82, 2.24) is 10.2 Å². The van der Waals surface area contributed by atoms with E-state index in [0.717, 1.165) is 50.0 Å². The minimum Gasteiger partial charge on any atom is -0.352 e. The van der Waals surface area contributed by atoms with Crippen molar-refractivity contribution in [2.24, 2.45) is 0 Å². The highest BCUT2D eigenvalue weighted by molar-refractivity contribution is 7.92. The van der Waals surface area contributed by atoms with E-state index >= 15 is 0 Å². The lowest BCUT2D eigenvalue weighted by Gasteiger charge is -2.35. The number of rotatable bonds is 11. The van der Waals surface area contributed by atoms with Crippen LogP contribution in [0.2, 0.25) is 5.02 Å². The number of nitrogens with one attached hydrogen (secondary N) is 1. The van der Waals surface area contributed by atoms with Crippen molar-refractivity contribution >= 4 is 39.1 Å². The molecule has 0 spiro atoms. The topological polar surface area (TPSA) is 86.8 Å². The largest absolute Gasteiger partial charge is 0.416 e. The molecule has 0 aliphatic heterocycles. The van der Waals surface area contributed by atoms with E-state index in [1.165, 1.54) is 29.2 Å². The van der Waals surface area contributed by atoms with Gasteiger partial charge in [-0.05, 0) is 54.3 Å². The first-order chi connectivity index (χ1) is 21.2. The maximum absolute atomic E-state index is 14.2. The lowest BCUT2D eigenvalue weighted by molar-refractivity contribution is -0.140. The number of carbonyl (C=O) groups excluding carboxylic acids is 2. The van der Waals surface area contributed by atoms with Crippen molar-refractivity contribution in [3.05, 3.63) is 100 Å². The highest BCUT2D eigenvalue weighted by Crippen LogP contribution is 2.36. The normalized spacial score (nSPS) is 14.9. The first kappa shape index (κ1) is 34.2. The molecule has 3 aromatic rings. The Labute approximate surface area is 265 Å². The van der Waals surface area contributed by atoms with Crippen LogP contribution in [0.5, 0.6) is 0 Å². The molecule has 242 valence electrons. The van der Waals surface area contributed by atoms with Gasteiger partial charge in [0.1, 0.15) is 18.4 Å². The highest BCUT2D eigenvalue weighted by Gasteiger charge is 2.36. The number of alkyl halides is 3. The Kier molecular flexibility index (Phi) is 11.1. The number of halogens is 5. The molecule has 0 radical (unpaired) electrons. The van der Waals surface area contributed by atoms with E-state index in [1.54, 1.807) is 30.3 Å². The highest BCUT2D eigenvalue weighted by atomic mass is 35.5. The average Bonchev–Trinajstić information content (AvgIpc) is 2.99. The molecular weight excluding hydrogens is 634 g/mol. The number of carbonyl (C=O) groups is 2. The molecule has 7 nitrogen and oxygen atoms in total. The molecule has 0 aromatic heterocycles. The summed E-state index contributed by atoms with van der Waals surface area (Å²) in [4.78, 5) is 29.3. The molecule has 1 aliphatic carbocycles. The van der Waals surface area contributed by atoms with Gasteiger partial charge in [-0.15, -0.1) is 0 Å². The molecule has 13 heteroatoms. The maximum atomic E-state index is 14.2. The zero-order valence-corrected chi connectivity index (χ0v) is 26.1. The summed E-state index contributed by atoms with van der Waals surface area (Å²) >= 11 is 6.19. The fraction of sp³-hybridized carbons (Fsp3) is 0.375. The van der Waals surface area contributed by atoms with Crippen LogP contribution in [0.1, 0.15) is 48.8 Å². The Morgan fingerprint density at radius 1 is 0.956 bits per heavy atom. The van der Waals surface area contributed by atoms with Crippen molar-refractivity contribution < 1.29 is 35.6 Å². The molecule has 0 heterocycles. The number of nitrogens with zero attached hydrogens (tertiary/aromatic N) is 2. The summed E-state index contributed by atoms with van der Waals surface area (Å²) in [5, 5.41) is 2.73. The molecule has 4 rings (SSSR count). The number of amides is 2. The number of hydrogen-bond donors (Lipinski definition) is 1. The predicted octanol–water partition coefficient (Wildman–Crippen LogP) is 6.35. The number of anilines is 1. The van der Waals surface area contributed by atoms with E-state index in [4.69, 9.17) is 11.6 Å². The third-order valence-corrected chi connectivity index (χ3v) is 9.16. The first-order valence-corrected chi connectivity index (χ1v) is 16.7. The second-order valence-corrected chi connectivity index (χ2v) is 13.4. The van der Waals surface area contributed by atoms with E-state index in [9.17, 15) is 35.6 Å². The standard InChI is InChI=1S/C32H34ClF4N3O4S/c1-45(43,44)40(28-19-24(32(35,36)37)14-17-27(28)33)21-30(41)39(20-23-12-15-25(34)16-13-23)29(18-22-8-4-2-5-9-22)31(42)38-26-10-6-3-7-11-26/h2,4-5,8-9,12-17,19,26,29H,3,6-7,10-11,18,20-21H2,1H3,(H,38,42)/t29-/m0/s1. The van der Waals surface area contributed by atoms with Crippen LogP contribution < -0.4 is 9.62 Å². The molecule has 0 saturated heterocycles. The van der Waals surface area contributed by atoms with Crippen LogP contribution in [0, 0.1) is 5.82 Å². The summed E-state index contributed by atoms with van der Waals surface area (Å²) in [6, 6.07) is 15.1. The Morgan fingerprint density at radius 3 is 2.20 bits per heavy atom. The van der Waals surface area contributed by atoms with Gasteiger partial charge in [-0.25, -0.2) is 12.8 Å². The Morgan fingerprint density at radius 2 is 1.60 bits per heavy atom. The van der Waals surface area contributed by atoms with Crippen LogP contribution in [0.4, 0.5) is 23.2 Å². The van der Waals surface area contributed by atoms with Gasteiger partial charge in [0.2, 0.25) is 21.8 Å². The van der Waals surface area contributed by atoms with Crippen molar-refractivity contribution in [3.63, 3.8) is 0 Å². The number of sulfonamides is 1. The molecule has 1 N–H and O–H groups in total. The van der Waals surface area contributed by atoms with Gasteiger partial charge in [0.25, 0.3) is 0 Å². The van der Waals surface area contributed by atoms with Crippen LogP contribution in [0.3, 0.4) is 0 Å². The fourth-order valence-corrected chi connectivity index (χ4v) is 6.48. The van der Waals surface area contributed by atoms with Crippen LogP contribution in [-0.2, 0) is 38.8 Å². The summed E-state index contributed by atoms with van der Waals surface area (Å²) in [6.45, 7) is -1.15. The summed E-state index contributed by atoms with van der Waals surface area (Å²) in [6.07, 6.45) is 0.472. The van der Waals surface area contributed by atoms with Crippen molar-refractivity contribution in [3.8, 4) is 0 Å². The van der Waals surface area contributed by atoms with Gasteiger partial charge in [0.15, 0.2) is 0 Å². The molecular formula is C32H34ClF4N3O4S. The molecule has 3 aromatic carbocycles. The smallest absolute Gasteiger partial charge is 0.352 e. The third-order valence-electron chi connectivity index (χ3n) is 7.71. The van der Waals surface area contributed by atoms with Gasteiger partial charge in [-0.1, -0.05) is 73.3 Å². The summed E-state index contributed by atoms with van der Waals surface area (Å²) < 4.78 is 80.8. The van der Waals surface area contributed by atoms with Crippen LogP contribution in [-0.4, -0.2) is 50.0 Å². The van der Waals surface area contributed by atoms with E-state index in [0.29, 0.717) is 22.0 Å². The summed E-state index contributed by atoms with van der Waals surface area (Å²) in [7, 11) is -4.35. The van der Waals surface area contributed by atoms with Gasteiger partial charge in [0.05, 0.1) is 22.5 Å². The molecule has 0 bridgehead atoms. The average molecular weight is 668 g/mol. The second-order valence-electron chi connectivity index (χ2n) is 11.1. The van der Waals surface area contributed by atoms with E-state index < -0.39 is 57.7 Å². The Hall–Kier alpha value is -3.64. The predicted molar refractivity (Wildman–Crippen MR) is 165 cm³/mol. The van der Waals surface area contributed by atoms with Gasteiger partial charge < -0.3 is 10.2 Å². The minimum atomic E-state index is -4.81. The van der Waals surface area contributed by atoms with Gasteiger partial charge in [-0.3, -0.25) is 13.9 Å². The first-order valence-electron chi connectivity index (χ1n) is 14.4. The lowest BCUT2D eigenvalue weighted by atomic mass is 9.94. The quantitative estimate of drug-likeness (QED) is 0.242. The molecule has 1 fully saturated rings. The van der Waals surface area contributed by atoms with Crippen molar-refractivity contribution in [2.75, 3.05) is 17.1 Å². The fourth-order valence-electron chi connectivity index (χ4n) is 5.36. The summed E-state index contributed by atoms with van der Waals surface area (Å²) in [5.74, 6) is -1.84. The van der Waals surface area contributed by atoms with E-state index in [1.807, 2.05) is 0 Å². The van der Waals surface area contributed by atoms with Gasteiger partial charge >= 0.3 is 6.18 Å². The van der Waals surface area contributed by atoms with Crippen LogP contribution in [0.25, 0.3) is 0 Å². The van der Waals surface area contributed by atoms with E-state index in [-0.39, 0.29) is 24.0 Å². The summed E-state index contributed by atoms with van der Waals surface area (Å²) in [5.41, 5.74) is -0.509. The molecule has 1 saturated carbocycles. The number of benzene rings is 3. The Bertz CT molecular complexity index is 1580. The third kappa shape index (κ3) is 9.43. The molecule has 1 aliphatic rings. The monoisotopic (exact) mass is 667 g/mol. The lowest BCUT2D eigenvalue weighted by Crippen LogP contribution is -2.55. The minimum absolute atomic E-state index is 0.0650. The second kappa shape index (κ2) is 14.6. The Balaban J connectivity index is 1.76. The molecule has 1 atom stereocenters. The SMILES string of the molecule is CS(=O)(=O)N(CC(=O)N(Cc1ccc(F)cc1)[C@@H](Cc1ccccc1)C(=O)NC1CCCCC1)c1cc(C(F)(F)F)ccc1Cl. The van der Waals surface area contributed by atoms with Crippen molar-refractivity contribution in [1.29, 1.82) is 0 Å².